The van der Waals surface area contributed by atoms with Crippen LogP contribution in [0, 0.1) is 24.0 Å². The van der Waals surface area contributed by atoms with Crippen LogP contribution in [0.1, 0.15) is 21.9 Å². The fourth-order valence-electron chi connectivity index (χ4n) is 3.41. The summed E-state index contributed by atoms with van der Waals surface area (Å²) >= 11 is 1.23. The highest BCUT2D eigenvalue weighted by Crippen LogP contribution is 2.37. The number of aromatic nitrogens is 3. The zero-order valence-electron chi connectivity index (χ0n) is 18.0. The molecule has 1 atom stereocenters. The predicted molar refractivity (Wildman–Crippen MR) is 128 cm³/mol. The van der Waals surface area contributed by atoms with Gasteiger partial charge in [-0.15, -0.1) is 10.2 Å². The first kappa shape index (κ1) is 22.2. The fourth-order valence-corrected chi connectivity index (χ4v) is 4.43. The smallest absolute Gasteiger partial charge is 0.293 e. The number of nitrogens with zero attached hydrogens (tertiary/aromatic N) is 4. The molecule has 1 heterocycles. The van der Waals surface area contributed by atoms with Crippen LogP contribution in [0.25, 0.3) is 5.69 Å². The van der Waals surface area contributed by atoms with E-state index in [4.69, 9.17) is 0 Å². The van der Waals surface area contributed by atoms with E-state index in [2.05, 4.69) is 15.5 Å². The van der Waals surface area contributed by atoms with E-state index in [9.17, 15) is 14.9 Å². The van der Waals surface area contributed by atoms with Crippen LogP contribution in [0.15, 0.2) is 84.3 Å². The number of aryl methyl sites for hydroxylation is 2. The van der Waals surface area contributed by atoms with Gasteiger partial charge in [-0.1, -0.05) is 66.4 Å². The first-order valence-electron chi connectivity index (χ1n) is 10.2. The lowest BCUT2D eigenvalue weighted by molar-refractivity contribution is -0.384. The average Bonchev–Trinajstić information content (AvgIpc) is 3.27. The number of amides is 1. The van der Waals surface area contributed by atoms with Gasteiger partial charge in [-0.25, -0.2) is 0 Å². The Morgan fingerprint density at radius 1 is 1.06 bits per heavy atom. The lowest BCUT2D eigenvalue weighted by atomic mass is 10.1. The topological polar surface area (TPSA) is 103 Å². The van der Waals surface area contributed by atoms with Crippen molar-refractivity contribution in [1.82, 2.24) is 14.8 Å². The van der Waals surface area contributed by atoms with Crippen LogP contribution in [-0.4, -0.2) is 25.6 Å². The van der Waals surface area contributed by atoms with Crippen molar-refractivity contribution in [3.8, 4) is 5.69 Å². The van der Waals surface area contributed by atoms with Gasteiger partial charge >= 0.3 is 0 Å². The van der Waals surface area contributed by atoms with E-state index < -0.39 is 16.1 Å². The van der Waals surface area contributed by atoms with E-state index in [-0.39, 0.29) is 11.4 Å². The Hall–Kier alpha value is -3.98. The van der Waals surface area contributed by atoms with Crippen LogP contribution < -0.4 is 5.32 Å². The summed E-state index contributed by atoms with van der Waals surface area (Å²) in [6.07, 6.45) is 1.61. The molecule has 4 aromatic rings. The van der Waals surface area contributed by atoms with Gasteiger partial charge in [0.2, 0.25) is 5.91 Å². The van der Waals surface area contributed by atoms with Crippen molar-refractivity contribution in [2.45, 2.75) is 24.3 Å². The Morgan fingerprint density at radius 3 is 2.52 bits per heavy atom. The highest BCUT2D eigenvalue weighted by molar-refractivity contribution is 8.00. The maximum Gasteiger partial charge on any atom is 0.293 e. The number of nitrogens with one attached hydrogen (secondary N) is 1. The van der Waals surface area contributed by atoms with Gasteiger partial charge < -0.3 is 5.32 Å². The third-order valence-electron chi connectivity index (χ3n) is 5.06. The van der Waals surface area contributed by atoms with Crippen LogP contribution in [0.4, 0.5) is 11.4 Å². The minimum Gasteiger partial charge on any atom is -0.319 e. The van der Waals surface area contributed by atoms with Crippen molar-refractivity contribution in [3.63, 3.8) is 0 Å². The minimum atomic E-state index is -0.709. The molecule has 8 nitrogen and oxygen atoms in total. The van der Waals surface area contributed by atoms with Gasteiger partial charge in [-0.2, -0.15) is 0 Å². The number of thioether (sulfide) groups is 1. The number of benzene rings is 3. The molecule has 4 rings (SSSR count). The number of carbonyl (C=O) groups is 1. The number of para-hydroxylation sites is 1. The number of rotatable bonds is 7. The molecule has 33 heavy (non-hydrogen) atoms. The maximum atomic E-state index is 13.4. The molecule has 9 heteroatoms. The molecule has 3 aromatic carbocycles. The molecule has 1 amide bonds. The van der Waals surface area contributed by atoms with Crippen LogP contribution in [-0.2, 0) is 4.79 Å². The van der Waals surface area contributed by atoms with Crippen molar-refractivity contribution in [2.75, 3.05) is 5.32 Å². The highest BCUT2D eigenvalue weighted by Gasteiger charge is 2.27. The Bertz CT molecular complexity index is 1310. The van der Waals surface area contributed by atoms with Gasteiger partial charge in [-0.05, 0) is 42.7 Å². The van der Waals surface area contributed by atoms with Gasteiger partial charge in [0.25, 0.3) is 5.69 Å². The summed E-state index contributed by atoms with van der Waals surface area (Å²) in [5.41, 5.74) is 3.43. The van der Waals surface area contributed by atoms with Gasteiger partial charge in [0.1, 0.15) is 17.3 Å². The summed E-state index contributed by atoms with van der Waals surface area (Å²) in [4.78, 5) is 24.4. The van der Waals surface area contributed by atoms with E-state index in [1.165, 1.54) is 17.8 Å². The van der Waals surface area contributed by atoms with E-state index in [1.54, 1.807) is 25.4 Å². The second-order valence-electron chi connectivity index (χ2n) is 7.45. The van der Waals surface area contributed by atoms with Crippen LogP contribution in [0.5, 0.6) is 0 Å². The van der Waals surface area contributed by atoms with Crippen molar-refractivity contribution in [1.29, 1.82) is 0 Å². The Morgan fingerprint density at radius 2 is 1.79 bits per heavy atom. The largest absolute Gasteiger partial charge is 0.319 e. The van der Waals surface area contributed by atoms with Crippen molar-refractivity contribution >= 4 is 29.0 Å². The molecule has 0 saturated carbocycles. The predicted octanol–water partition coefficient (Wildman–Crippen LogP) is 5.26. The van der Waals surface area contributed by atoms with E-state index in [1.807, 2.05) is 66.1 Å². The second kappa shape index (κ2) is 9.66. The van der Waals surface area contributed by atoms with Crippen molar-refractivity contribution < 1.29 is 9.72 Å². The monoisotopic (exact) mass is 459 g/mol. The van der Waals surface area contributed by atoms with Gasteiger partial charge in [-0.3, -0.25) is 19.5 Å². The maximum absolute atomic E-state index is 13.4. The molecule has 0 aliphatic carbocycles. The van der Waals surface area contributed by atoms with Gasteiger partial charge in [0.15, 0.2) is 5.16 Å². The average molecular weight is 460 g/mol. The molecule has 0 aliphatic rings. The van der Waals surface area contributed by atoms with Crippen molar-refractivity contribution in [2.24, 2.45) is 0 Å². The lowest BCUT2D eigenvalue weighted by Crippen LogP contribution is -2.20. The first-order valence-corrected chi connectivity index (χ1v) is 11.1. The Balaban J connectivity index is 1.69. The quantitative estimate of drug-likeness (QED) is 0.230. The first-order chi connectivity index (χ1) is 15.9. The highest BCUT2D eigenvalue weighted by atomic mass is 32.2. The standard InChI is InChI=1S/C24H21N5O3S/c1-16-12-13-19(21(14-16)29(31)32)26-23(30)22(18-9-4-3-5-10-18)33-24-27-25-15-28(24)20-11-7-6-8-17(20)2/h3-15,22H,1-2H3,(H,26,30). The number of carbonyl (C=O) groups excluding carboxylic acids is 1. The van der Waals surface area contributed by atoms with Crippen molar-refractivity contribution in [3.05, 3.63) is 106 Å². The molecule has 1 aromatic heterocycles. The van der Waals surface area contributed by atoms with E-state index >= 15 is 0 Å². The minimum absolute atomic E-state index is 0.150. The van der Waals surface area contributed by atoms with Crippen LogP contribution in [0.2, 0.25) is 0 Å². The molecule has 1 N–H and O–H groups in total. The van der Waals surface area contributed by atoms with Gasteiger partial charge in [0, 0.05) is 6.07 Å². The molecule has 0 fully saturated rings. The second-order valence-corrected chi connectivity index (χ2v) is 8.52. The number of anilines is 1. The lowest BCUT2D eigenvalue weighted by Gasteiger charge is -2.17. The summed E-state index contributed by atoms with van der Waals surface area (Å²) in [6, 6.07) is 21.8. The molecular formula is C24H21N5O3S. The zero-order valence-corrected chi connectivity index (χ0v) is 18.8. The number of hydrogen-bond donors (Lipinski definition) is 1. The molecule has 0 radical (unpaired) electrons. The van der Waals surface area contributed by atoms with Crippen LogP contribution in [0.3, 0.4) is 0 Å². The molecule has 0 saturated heterocycles. The molecule has 0 bridgehead atoms. The molecule has 166 valence electrons. The van der Waals surface area contributed by atoms with E-state index in [0.29, 0.717) is 5.16 Å². The number of nitro benzene ring substituents is 1. The summed E-state index contributed by atoms with van der Waals surface area (Å²) in [7, 11) is 0. The molecule has 0 aliphatic heterocycles. The van der Waals surface area contributed by atoms with Gasteiger partial charge in [0.05, 0.1) is 10.6 Å². The van der Waals surface area contributed by atoms with E-state index in [0.717, 1.165) is 22.4 Å². The molecule has 1 unspecified atom stereocenters. The van der Waals surface area contributed by atoms with Crippen LogP contribution >= 0.6 is 11.8 Å². The number of nitro groups is 1. The summed E-state index contributed by atoms with van der Waals surface area (Å²) in [5, 5.41) is 22.4. The summed E-state index contributed by atoms with van der Waals surface area (Å²) in [5.74, 6) is -0.391. The SMILES string of the molecule is Cc1ccc(NC(=O)C(Sc2nncn2-c2ccccc2C)c2ccccc2)c([N+](=O)[O-])c1. The number of hydrogen-bond acceptors (Lipinski definition) is 6. The third kappa shape index (κ3) is 4.93. The zero-order chi connectivity index (χ0) is 23.4. The Labute approximate surface area is 194 Å². The Kier molecular flexibility index (Phi) is 6.50. The third-order valence-corrected chi connectivity index (χ3v) is 6.27. The summed E-state index contributed by atoms with van der Waals surface area (Å²) in [6.45, 7) is 3.75. The molecule has 0 spiro atoms. The summed E-state index contributed by atoms with van der Waals surface area (Å²) < 4.78 is 1.83. The normalized spacial score (nSPS) is 11.7. The molecular weight excluding hydrogens is 438 g/mol. The fraction of sp³-hybridized carbons (Fsp3) is 0.125.